The van der Waals surface area contributed by atoms with Gasteiger partial charge in [-0.1, -0.05) is 68.1 Å². The van der Waals surface area contributed by atoms with Crippen LogP contribution in [-0.2, 0) is 4.79 Å². The van der Waals surface area contributed by atoms with Gasteiger partial charge in [0.15, 0.2) is 0 Å². The predicted molar refractivity (Wildman–Crippen MR) is 83.1 cm³/mol. The first kappa shape index (κ1) is 15.3. The molecule has 0 aromatic heterocycles. The van der Waals surface area contributed by atoms with E-state index >= 15 is 0 Å². The molecule has 0 aliphatic heterocycles. The molecule has 0 aliphatic carbocycles. The number of amides is 1. The van der Waals surface area contributed by atoms with Crippen LogP contribution in [0.1, 0.15) is 23.8 Å². The van der Waals surface area contributed by atoms with Crippen LogP contribution in [0.15, 0.2) is 60.7 Å². The monoisotopic (exact) mass is 273 g/mol. The van der Waals surface area contributed by atoms with Crippen molar-refractivity contribution in [3.63, 3.8) is 0 Å². The summed E-state index contributed by atoms with van der Waals surface area (Å²) >= 11 is 1.56. The average molecular weight is 273 g/mol. The van der Waals surface area contributed by atoms with E-state index in [0.717, 1.165) is 0 Å². The zero-order valence-corrected chi connectivity index (χ0v) is 10.8. The van der Waals surface area contributed by atoms with Gasteiger partial charge >= 0.3 is 0 Å². The van der Waals surface area contributed by atoms with Crippen LogP contribution in [-0.4, -0.2) is 11.7 Å². The van der Waals surface area contributed by atoms with E-state index in [2.05, 4.69) is 24.3 Å². The van der Waals surface area contributed by atoms with E-state index in [1.807, 2.05) is 36.4 Å². The maximum absolute atomic E-state index is 11.0. The van der Waals surface area contributed by atoms with Crippen molar-refractivity contribution in [1.29, 1.82) is 0 Å². The molecule has 0 saturated heterocycles. The second-order valence-corrected chi connectivity index (χ2v) is 5.07. The Morgan fingerprint density at radius 2 is 1.37 bits per heavy atom. The number of carbonyl (C=O) groups is 1. The molecule has 2 aromatic rings. The topological polar surface area (TPSA) is 43.1 Å². The molecule has 100 valence electrons. The number of carbonyl (C=O) groups excluding carboxylic acids is 1. The van der Waals surface area contributed by atoms with Gasteiger partial charge in [0.2, 0.25) is 5.91 Å². The summed E-state index contributed by atoms with van der Waals surface area (Å²) in [6, 6.07) is 20.3. The minimum atomic E-state index is -0.281. The van der Waals surface area contributed by atoms with E-state index in [4.69, 9.17) is 5.73 Å². The molecule has 0 atom stereocenters. The van der Waals surface area contributed by atoms with Gasteiger partial charge in [-0.05, 0) is 11.1 Å². The maximum Gasteiger partial charge on any atom is 0.227 e. The summed E-state index contributed by atoms with van der Waals surface area (Å²) in [5, 5.41) is 0.153. The molecule has 0 unspecified atom stereocenters. The van der Waals surface area contributed by atoms with Crippen molar-refractivity contribution in [3.05, 3.63) is 71.8 Å². The van der Waals surface area contributed by atoms with Gasteiger partial charge in [-0.15, -0.1) is 11.8 Å². The number of nitrogens with two attached hydrogens (primary N) is 1. The van der Waals surface area contributed by atoms with Crippen LogP contribution in [0.3, 0.4) is 0 Å². The molecule has 0 aliphatic rings. The van der Waals surface area contributed by atoms with E-state index < -0.39 is 0 Å². The summed E-state index contributed by atoms with van der Waals surface area (Å²) in [4.78, 5) is 11.0. The van der Waals surface area contributed by atoms with Gasteiger partial charge in [0.05, 0.1) is 11.0 Å². The Bertz CT molecular complexity index is 459. The van der Waals surface area contributed by atoms with Crippen molar-refractivity contribution in [2.24, 2.45) is 5.73 Å². The van der Waals surface area contributed by atoms with Crippen LogP contribution < -0.4 is 5.73 Å². The third-order valence-corrected chi connectivity index (χ3v) is 3.93. The lowest BCUT2D eigenvalue weighted by Gasteiger charge is -2.16. The third-order valence-electron chi connectivity index (χ3n) is 2.60. The maximum atomic E-state index is 11.0. The van der Waals surface area contributed by atoms with Crippen molar-refractivity contribution in [1.82, 2.24) is 0 Å². The van der Waals surface area contributed by atoms with Crippen molar-refractivity contribution in [3.8, 4) is 0 Å². The lowest BCUT2D eigenvalue weighted by molar-refractivity contribution is -0.115. The fourth-order valence-electron chi connectivity index (χ4n) is 1.81. The largest absolute Gasteiger partial charge is 0.369 e. The molecular formula is C16H19NOS. The van der Waals surface area contributed by atoms with Gasteiger partial charge in [0.25, 0.3) is 0 Å². The Morgan fingerprint density at radius 3 is 1.74 bits per heavy atom. The minimum Gasteiger partial charge on any atom is -0.369 e. The highest BCUT2D eigenvalue weighted by atomic mass is 32.2. The van der Waals surface area contributed by atoms with Crippen molar-refractivity contribution in [2.45, 2.75) is 12.7 Å². The Kier molecular flexibility index (Phi) is 6.16. The second-order valence-electron chi connectivity index (χ2n) is 3.98. The summed E-state index contributed by atoms with van der Waals surface area (Å²) in [5.41, 5.74) is 7.62. The van der Waals surface area contributed by atoms with Gasteiger partial charge in [-0.25, -0.2) is 0 Å². The molecule has 2 N–H and O–H groups in total. The molecule has 0 fully saturated rings. The van der Waals surface area contributed by atoms with Crippen LogP contribution in [0, 0.1) is 0 Å². The first-order valence-corrected chi connectivity index (χ1v) is 6.82. The van der Waals surface area contributed by atoms with Gasteiger partial charge < -0.3 is 5.73 Å². The first-order valence-electron chi connectivity index (χ1n) is 5.77. The van der Waals surface area contributed by atoms with Crippen molar-refractivity contribution < 1.29 is 4.79 Å². The lowest BCUT2D eigenvalue weighted by atomic mass is 10.0. The standard InChI is InChI=1S/C15H15NOS.CH4/c16-14(17)11-18-15(12-7-3-1-4-8-12)13-9-5-2-6-10-13;/h1-10,15H,11H2,(H2,16,17);1H4. The van der Waals surface area contributed by atoms with Crippen molar-refractivity contribution >= 4 is 17.7 Å². The summed E-state index contributed by atoms with van der Waals surface area (Å²) < 4.78 is 0. The molecule has 2 aromatic carbocycles. The van der Waals surface area contributed by atoms with Crippen molar-refractivity contribution in [2.75, 3.05) is 5.75 Å². The Balaban J connectivity index is 0.00000180. The molecule has 19 heavy (non-hydrogen) atoms. The van der Waals surface area contributed by atoms with Gasteiger partial charge in [0.1, 0.15) is 0 Å². The van der Waals surface area contributed by atoms with E-state index in [0.29, 0.717) is 5.75 Å². The molecule has 0 bridgehead atoms. The number of benzene rings is 2. The minimum absolute atomic E-state index is 0. The SMILES string of the molecule is C.NC(=O)CSC(c1ccccc1)c1ccccc1. The van der Waals surface area contributed by atoms with E-state index in [1.165, 1.54) is 11.1 Å². The van der Waals surface area contributed by atoms with Gasteiger partial charge in [-0.3, -0.25) is 4.79 Å². The zero-order valence-electron chi connectivity index (χ0n) is 9.95. The Morgan fingerprint density at radius 1 is 0.947 bits per heavy atom. The second kappa shape index (κ2) is 7.64. The number of hydrogen-bond donors (Lipinski definition) is 1. The lowest BCUT2D eigenvalue weighted by Crippen LogP contribution is -2.14. The van der Waals surface area contributed by atoms with Crippen LogP contribution in [0.25, 0.3) is 0 Å². The third kappa shape index (κ3) is 4.45. The summed E-state index contributed by atoms with van der Waals surface area (Å²) in [6.45, 7) is 0. The molecule has 3 heteroatoms. The highest BCUT2D eigenvalue weighted by molar-refractivity contribution is 8.00. The fourth-order valence-corrected chi connectivity index (χ4v) is 2.84. The van der Waals surface area contributed by atoms with Crippen LogP contribution in [0.4, 0.5) is 0 Å². The number of thioether (sulfide) groups is 1. The van der Waals surface area contributed by atoms with Gasteiger partial charge in [-0.2, -0.15) is 0 Å². The molecule has 1 amide bonds. The van der Waals surface area contributed by atoms with Gasteiger partial charge in [0, 0.05) is 0 Å². The normalized spacial score (nSPS) is 9.95. The molecule has 0 radical (unpaired) electrons. The molecule has 2 rings (SSSR count). The average Bonchev–Trinajstić information content (AvgIpc) is 2.41. The Hall–Kier alpha value is -1.74. The molecular weight excluding hydrogens is 254 g/mol. The summed E-state index contributed by atoms with van der Waals surface area (Å²) in [6.07, 6.45) is 0. The number of hydrogen-bond acceptors (Lipinski definition) is 2. The van der Waals surface area contributed by atoms with E-state index in [9.17, 15) is 4.79 Å². The fraction of sp³-hybridized carbons (Fsp3) is 0.188. The number of rotatable bonds is 5. The quantitative estimate of drug-likeness (QED) is 0.904. The van der Waals surface area contributed by atoms with E-state index in [-0.39, 0.29) is 18.6 Å². The molecule has 0 saturated carbocycles. The number of primary amides is 1. The Labute approximate surface area is 119 Å². The highest BCUT2D eigenvalue weighted by Crippen LogP contribution is 2.34. The zero-order chi connectivity index (χ0) is 12.8. The summed E-state index contributed by atoms with van der Waals surface area (Å²) in [5.74, 6) is 0.0471. The highest BCUT2D eigenvalue weighted by Gasteiger charge is 2.14. The first-order chi connectivity index (χ1) is 8.77. The van der Waals surface area contributed by atoms with Crippen LogP contribution in [0.5, 0.6) is 0 Å². The molecule has 0 spiro atoms. The predicted octanol–water partition coefficient (Wildman–Crippen LogP) is 3.63. The van der Waals surface area contributed by atoms with Crippen LogP contribution >= 0.6 is 11.8 Å². The van der Waals surface area contributed by atoms with E-state index in [1.54, 1.807) is 11.8 Å². The smallest absolute Gasteiger partial charge is 0.227 e. The van der Waals surface area contributed by atoms with Crippen LogP contribution in [0.2, 0.25) is 0 Å². The molecule has 0 heterocycles. The summed E-state index contributed by atoms with van der Waals surface area (Å²) in [7, 11) is 0. The molecule has 2 nitrogen and oxygen atoms in total.